The number of unbranched alkanes of at least 4 members (excludes halogenated alkanes) is 1. The molecule has 0 spiro atoms. The third-order valence-corrected chi connectivity index (χ3v) is 3.69. The SMILES string of the molecule is CCCCc1ccc(C(=O)OCCN(CC)CC)c(N)c1. The molecular formula is C17H28N2O2. The predicted molar refractivity (Wildman–Crippen MR) is 87.5 cm³/mol. The van der Waals surface area contributed by atoms with E-state index < -0.39 is 0 Å². The predicted octanol–water partition coefficient (Wildman–Crippen LogP) is 3.11. The highest BCUT2D eigenvalue weighted by molar-refractivity contribution is 5.95. The molecule has 1 rings (SSSR count). The van der Waals surface area contributed by atoms with E-state index in [1.165, 1.54) is 5.56 Å². The van der Waals surface area contributed by atoms with Gasteiger partial charge in [0.25, 0.3) is 0 Å². The minimum absolute atomic E-state index is 0.332. The van der Waals surface area contributed by atoms with Crippen LogP contribution in [0.4, 0.5) is 5.69 Å². The van der Waals surface area contributed by atoms with E-state index in [2.05, 4.69) is 25.7 Å². The fourth-order valence-corrected chi connectivity index (χ4v) is 2.22. The van der Waals surface area contributed by atoms with Crippen LogP contribution >= 0.6 is 0 Å². The van der Waals surface area contributed by atoms with E-state index in [4.69, 9.17) is 10.5 Å². The van der Waals surface area contributed by atoms with Crippen molar-refractivity contribution < 1.29 is 9.53 Å². The van der Waals surface area contributed by atoms with Crippen molar-refractivity contribution in [2.75, 3.05) is 32.0 Å². The van der Waals surface area contributed by atoms with Crippen molar-refractivity contribution in [3.63, 3.8) is 0 Å². The lowest BCUT2D eigenvalue weighted by atomic mass is 10.0. The number of esters is 1. The molecule has 1 aromatic carbocycles. The van der Waals surface area contributed by atoms with Gasteiger partial charge in [-0.3, -0.25) is 0 Å². The maximum atomic E-state index is 12.0. The van der Waals surface area contributed by atoms with Crippen LogP contribution in [-0.4, -0.2) is 37.1 Å². The number of carbonyl (C=O) groups excluding carboxylic acids is 1. The molecule has 0 saturated carbocycles. The van der Waals surface area contributed by atoms with Gasteiger partial charge in [-0.25, -0.2) is 4.79 Å². The van der Waals surface area contributed by atoms with Crippen molar-refractivity contribution in [2.24, 2.45) is 0 Å². The third kappa shape index (κ3) is 5.76. The quantitative estimate of drug-likeness (QED) is 0.561. The van der Waals surface area contributed by atoms with Crippen molar-refractivity contribution in [2.45, 2.75) is 40.0 Å². The molecule has 0 aliphatic carbocycles. The van der Waals surface area contributed by atoms with Crippen LogP contribution in [0, 0.1) is 0 Å². The topological polar surface area (TPSA) is 55.6 Å². The fraction of sp³-hybridized carbons (Fsp3) is 0.588. The number of nitrogens with zero attached hydrogens (tertiary/aromatic N) is 1. The Labute approximate surface area is 128 Å². The normalized spacial score (nSPS) is 10.9. The first-order chi connectivity index (χ1) is 10.1. The Morgan fingerprint density at radius 2 is 1.95 bits per heavy atom. The second-order valence-corrected chi connectivity index (χ2v) is 5.19. The molecule has 2 N–H and O–H groups in total. The molecule has 0 saturated heterocycles. The summed E-state index contributed by atoms with van der Waals surface area (Å²) in [4.78, 5) is 14.2. The van der Waals surface area contributed by atoms with Gasteiger partial charge in [-0.2, -0.15) is 0 Å². The summed E-state index contributed by atoms with van der Waals surface area (Å²) in [5.74, 6) is -0.332. The van der Waals surface area contributed by atoms with E-state index in [-0.39, 0.29) is 5.97 Å². The summed E-state index contributed by atoms with van der Waals surface area (Å²) in [5, 5.41) is 0. The summed E-state index contributed by atoms with van der Waals surface area (Å²) < 4.78 is 5.30. The zero-order valence-electron chi connectivity index (χ0n) is 13.5. The summed E-state index contributed by atoms with van der Waals surface area (Å²) in [5.41, 5.74) is 8.12. The summed E-state index contributed by atoms with van der Waals surface area (Å²) in [6, 6.07) is 5.63. The molecule has 0 aromatic heterocycles. The average Bonchev–Trinajstić information content (AvgIpc) is 2.49. The van der Waals surface area contributed by atoms with Gasteiger partial charge in [0.2, 0.25) is 0 Å². The highest BCUT2D eigenvalue weighted by Crippen LogP contribution is 2.17. The second kappa shape index (κ2) is 9.40. The molecule has 21 heavy (non-hydrogen) atoms. The number of likely N-dealkylation sites (N-methyl/N-ethyl adjacent to an activating group) is 1. The number of aryl methyl sites for hydroxylation is 1. The monoisotopic (exact) mass is 292 g/mol. The Morgan fingerprint density at radius 1 is 1.24 bits per heavy atom. The average molecular weight is 292 g/mol. The van der Waals surface area contributed by atoms with Gasteiger partial charge in [0.05, 0.1) is 5.56 Å². The Bertz CT molecular complexity index is 442. The number of hydrogen-bond donors (Lipinski definition) is 1. The number of rotatable bonds is 9. The highest BCUT2D eigenvalue weighted by Gasteiger charge is 2.12. The number of carbonyl (C=O) groups is 1. The Balaban J connectivity index is 2.54. The lowest BCUT2D eigenvalue weighted by Gasteiger charge is -2.17. The van der Waals surface area contributed by atoms with Gasteiger partial charge in [0, 0.05) is 12.2 Å². The smallest absolute Gasteiger partial charge is 0.340 e. The molecule has 4 heteroatoms. The molecule has 0 heterocycles. The second-order valence-electron chi connectivity index (χ2n) is 5.19. The summed E-state index contributed by atoms with van der Waals surface area (Å²) in [6.45, 7) is 9.43. The van der Waals surface area contributed by atoms with Gasteiger partial charge in [-0.15, -0.1) is 0 Å². The molecule has 1 aromatic rings. The Hall–Kier alpha value is -1.55. The van der Waals surface area contributed by atoms with E-state index >= 15 is 0 Å². The minimum atomic E-state index is -0.332. The van der Waals surface area contributed by atoms with E-state index in [0.717, 1.165) is 38.9 Å². The first-order valence-electron chi connectivity index (χ1n) is 7.90. The maximum Gasteiger partial charge on any atom is 0.340 e. The van der Waals surface area contributed by atoms with Crippen LogP contribution in [0.25, 0.3) is 0 Å². The summed E-state index contributed by atoms with van der Waals surface area (Å²) >= 11 is 0. The molecule has 0 aliphatic heterocycles. The molecule has 0 radical (unpaired) electrons. The standard InChI is InChI=1S/C17H28N2O2/c1-4-7-8-14-9-10-15(16(18)13-14)17(20)21-12-11-19(5-2)6-3/h9-10,13H,4-8,11-12,18H2,1-3H3. The largest absolute Gasteiger partial charge is 0.461 e. The van der Waals surface area contributed by atoms with Crippen LogP contribution in [0.1, 0.15) is 49.5 Å². The van der Waals surface area contributed by atoms with Crippen molar-refractivity contribution in [3.05, 3.63) is 29.3 Å². The number of benzene rings is 1. The van der Waals surface area contributed by atoms with Gasteiger partial charge in [-0.05, 0) is 43.6 Å². The molecule has 0 atom stereocenters. The fourth-order valence-electron chi connectivity index (χ4n) is 2.22. The summed E-state index contributed by atoms with van der Waals surface area (Å²) in [6.07, 6.45) is 3.28. The van der Waals surface area contributed by atoms with Crippen LogP contribution in [-0.2, 0) is 11.2 Å². The van der Waals surface area contributed by atoms with E-state index in [1.54, 1.807) is 6.07 Å². The van der Waals surface area contributed by atoms with Gasteiger partial charge >= 0.3 is 5.97 Å². The Kier molecular flexibility index (Phi) is 7.83. The number of hydrogen-bond acceptors (Lipinski definition) is 4. The molecular weight excluding hydrogens is 264 g/mol. The highest BCUT2D eigenvalue weighted by atomic mass is 16.5. The lowest BCUT2D eigenvalue weighted by molar-refractivity contribution is 0.0467. The molecule has 118 valence electrons. The lowest BCUT2D eigenvalue weighted by Crippen LogP contribution is -2.28. The Morgan fingerprint density at radius 3 is 2.52 bits per heavy atom. The number of nitrogens with two attached hydrogens (primary N) is 1. The zero-order chi connectivity index (χ0) is 15.7. The van der Waals surface area contributed by atoms with E-state index in [1.807, 2.05) is 12.1 Å². The number of nitrogen functional groups attached to an aromatic ring is 1. The van der Waals surface area contributed by atoms with Crippen molar-refractivity contribution in [3.8, 4) is 0 Å². The van der Waals surface area contributed by atoms with Crippen molar-refractivity contribution >= 4 is 11.7 Å². The molecule has 0 aliphatic rings. The van der Waals surface area contributed by atoms with Crippen LogP contribution in [0.5, 0.6) is 0 Å². The molecule has 4 nitrogen and oxygen atoms in total. The first-order valence-corrected chi connectivity index (χ1v) is 7.90. The molecule has 0 amide bonds. The van der Waals surface area contributed by atoms with Gasteiger partial charge in [-0.1, -0.05) is 33.3 Å². The van der Waals surface area contributed by atoms with Crippen LogP contribution in [0.15, 0.2) is 18.2 Å². The third-order valence-electron chi connectivity index (χ3n) is 3.69. The van der Waals surface area contributed by atoms with Crippen molar-refractivity contribution in [1.29, 1.82) is 0 Å². The van der Waals surface area contributed by atoms with Crippen LogP contribution in [0.3, 0.4) is 0 Å². The molecule has 0 unspecified atom stereocenters. The summed E-state index contributed by atoms with van der Waals surface area (Å²) in [7, 11) is 0. The van der Waals surface area contributed by atoms with E-state index in [9.17, 15) is 4.79 Å². The van der Waals surface area contributed by atoms with Gasteiger partial charge in [0.1, 0.15) is 6.61 Å². The number of ether oxygens (including phenoxy) is 1. The van der Waals surface area contributed by atoms with Crippen molar-refractivity contribution in [1.82, 2.24) is 4.90 Å². The minimum Gasteiger partial charge on any atom is -0.461 e. The first kappa shape index (κ1) is 17.5. The maximum absolute atomic E-state index is 12.0. The zero-order valence-corrected chi connectivity index (χ0v) is 13.5. The number of anilines is 1. The van der Waals surface area contributed by atoms with Crippen LogP contribution < -0.4 is 5.73 Å². The van der Waals surface area contributed by atoms with E-state index in [0.29, 0.717) is 17.9 Å². The van der Waals surface area contributed by atoms with Crippen LogP contribution in [0.2, 0.25) is 0 Å². The van der Waals surface area contributed by atoms with Gasteiger partial charge < -0.3 is 15.4 Å². The molecule has 0 bridgehead atoms. The molecule has 0 fully saturated rings. The van der Waals surface area contributed by atoms with Gasteiger partial charge in [0.15, 0.2) is 0 Å².